The average Bonchev–Trinajstić information content (AvgIpc) is 2.89. The predicted octanol–water partition coefficient (Wildman–Crippen LogP) is 1.59. The van der Waals surface area contributed by atoms with Crippen LogP contribution in [-0.4, -0.2) is 75.6 Å². The quantitative estimate of drug-likeness (QED) is 0.134. The molecule has 0 saturated carbocycles. The number of rotatable bonds is 8. The Morgan fingerprint density at radius 3 is 2.07 bits per heavy atom. The van der Waals surface area contributed by atoms with Crippen LogP contribution in [-0.2, 0) is 38.3 Å². The highest BCUT2D eigenvalue weighted by Gasteiger charge is 2.33. The molecule has 0 spiro atoms. The molecule has 234 valence electrons. The summed E-state index contributed by atoms with van der Waals surface area (Å²) in [5.41, 5.74) is -0.161. The van der Waals surface area contributed by atoms with E-state index < -0.39 is 59.7 Å². The molecule has 4 amide bonds. The van der Waals surface area contributed by atoms with Crippen molar-refractivity contribution in [3.63, 3.8) is 0 Å². The number of nitrogens with one attached hydrogen (secondary N) is 4. The van der Waals surface area contributed by atoms with Gasteiger partial charge in [0.25, 0.3) is 5.91 Å². The maximum absolute atomic E-state index is 13.2. The van der Waals surface area contributed by atoms with E-state index in [9.17, 15) is 33.6 Å². The molecule has 0 radical (unpaired) electrons. The zero-order chi connectivity index (χ0) is 32.0. The zero-order valence-electron chi connectivity index (χ0n) is 25.1. The summed E-state index contributed by atoms with van der Waals surface area (Å²) >= 11 is 1.96. The monoisotopic (exact) mass is 626 g/mol. The minimum absolute atomic E-state index is 0.0359. The van der Waals surface area contributed by atoms with Crippen LogP contribution >= 0.6 is 23.5 Å². The van der Waals surface area contributed by atoms with Gasteiger partial charge in [0.05, 0.1) is 6.42 Å². The number of allylic oxidation sites excluding steroid dienone is 2. The Morgan fingerprint density at radius 1 is 0.905 bits per heavy atom. The number of carbonyl (C=O) groups excluding carboxylic acids is 7. The molecule has 0 unspecified atom stereocenters. The van der Waals surface area contributed by atoms with Gasteiger partial charge in [0.15, 0.2) is 10.2 Å². The minimum Gasteiger partial charge on any atom is -0.456 e. The molecule has 0 bridgehead atoms. The summed E-state index contributed by atoms with van der Waals surface area (Å²) in [6, 6.07) is -3.38. The number of ether oxygens (including phenoxy) is 1. The van der Waals surface area contributed by atoms with Crippen LogP contribution in [0.15, 0.2) is 23.9 Å². The van der Waals surface area contributed by atoms with E-state index in [0.29, 0.717) is 12.2 Å². The lowest BCUT2D eigenvalue weighted by Gasteiger charge is -2.27. The minimum atomic E-state index is -1.21. The second-order valence-corrected chi connectivity index (χ2v) is 12.7. The van der Waals surface area contributed by atoms with Crippen LogP contribution in [0.4, 0.5) is 0 Å². The first kappa shape index (κ1) is 36.9. The molecule has 42 heavy (non-hydrogen) atoms. The van der Waals surface area contributed by atoms with Crippen molar-refractivity contribution in [2.24, 2.45) is 11.8 Å². The highest BCUT2D eigenvalue weighted by Crippen LogP contribution is 2.14. The fourth-order valence-electron chi connectivity index (χ4n) is 3.68. The van der Waals surface area contributed by atoms with Crippen LogP contribution in [0.2, 0.25) is 0 Å². The van der Waals surface area contributed by atoms with E-state index in [1.807, 2.05) is 0 Å². The average molecular weight is 627 g/mol. The zero-order valence-corrected chi connectivity index (χ0v) is 26.7. The molecule has 1 aliphatic rings. The van der Waals surface area contributed by atoms with E-state index in [0.717, 1.165) is 23.5 Å². The predicted molar refractivity (Wildman–Crippen MR) is 162 cm³/mol. The van der Waals surface area contributed by atoms with Gasteiger partial charge in [-0.15, -0.1) is 0 Å². The second-order valence-electron chi connectivity index (χ2n) is 10.3. The number of amides is 4. The van der Waals surface area contributed by atoms with Crippen LogP contribution in [0.3, 0.4) is 0 Å². The fourth-order valence-corrected chi connectivity index (χ4v) is 4.86. The molecule has 1 aliphatic heterocycles. The summed E-state index contributed by atoms with van der Waals surface area (Å²) in [5.74, 6) is -3.96. The van der Waals surface area contributed by atoms with Gasteiger partial charge in [0.2, 0.25) is 17.7 Å². The largest absolute Gasteiger partial charge is 0.456 e. The maximum atomic E-state index is 13.2. The van der Waals surface area contributed by atoms with Crippen molar-refractivity contribution >= 4 is 63.4 Å². The van der Waals surface area contributed by atoms with Gasteiger partial charge in [-0.25, -0.2) is 4.79 Å². The van der Waals surface area contributed by atoms with Gasteiger partial charge in [-0.05, 0) is 31.3 Å². The molecule has 1 heterocycles. The van der Waals surface area contributed by atoms with Gasteiger partial charge in [-0.1, -0.05) is 63.4 Å². The van der Waals surface area contributed by atoms with E-state index in [-0.39, 0.29) is 34.0 Å². The van der Waals surface area contributed by atoms with Crippen LogP contribution in [0.1, 0.15) is 61.3 Å². The third-order valence-corrected chi connectivity index (χ3v) is 7.70. The molecule has 12 nitrogen and oxygen atoms in total. The first-order chi connectivity index (χ1) is 19.7. The molecule has 1 fully saturated rings. The summed E-state index contributed by atoms with van der Waals surface area (Å²) < 4.78 is 5.64. The van der Waals surface area contributed by atoms with Crippen LogP contribution in [0.25, 0.3) is 0 Å². The van der Waals surface area contributed by atoms with Crippen LogP contribution in [0.5, 0.6) is 0 Å². The highest BCUT2D eigenvalue weighted by atomic mass is 32.2. The molecule has 1 saturated heterocycles. The Hall–Kier alpha value is -3.13. The lowest BCUT2D eigenvalue weighted by atomic mass is 10.0. The van der Waals surface area contributed by atoms with Gasteiger partial charge in [0.1, 0.15) is 29.9 Å². The van der Waals surface area contributed by atoms with Crippen molar-refractivity contribution in [2.45, 2.75) is 85.5 Å². The molecule has 1 rings (SSSR count). The van der Waals surface area contributed by atoms with E-state index in [1.54, 1.807) is 33.8 Å². The summed E-state index contributed by atoms with van der Waals surface area (Å²) in [6.07, 6.45) is 3.71. The Bertz CT molecular complexity index is 1090. The van der Waals surface area contributed by atoms with Crippen molar-refractivity contribution in [1.82, 2.24) is 21.3 Å². The summed E-state index contributed by atoms with van der Waals surface area (Å²) in [6.45, 7) is 11.1. The Balaban J connectivity index is 3.46. The first-order valence-electron chi connectivity index (χ1n) is 13.7. The molecular weight excluding hydrogens is 584 g/mol. The van der Waals surface area contributed by atoms with Crippen molar-refractivity contribution in [2.75, 3.05) is 11.5 Å². The van der Waals surface area contributed by atoms with Crippen molar-refractivity contribution in [1.29, 1.82) is 0 Å². The van der Waals surface area contributed by atoms with Gasteiger partial charge < -0.3 is 26.0 Å². The van der Waals surface area contributed by atoms with Crippen LogP contribution < -0.4 is 21.3 Å². The second kappa shape index (κ2) is 18.4. The first-order valence-corrected chi connectivity index (χ1v) is 15.6. The van der Waals surface area contributed by atoms with E-state index in [4.69, 9.17) is 4.74 Å². The number of esters is 1. The number of carbonyl (C=O) groups is 7. The Labute approximate surface area is 255 Å². The molecule has 0 aromatic carbocycles. The summed E-state index contributed by atoms with van der Waals surface area (Å²) in [7, 11) is 0. The lowest BCUT2D eigenvalue weighted by Crippen LogP contribution is -2.57. The molecule has 0 aromatic heterocycles. The number of cyclic esters (lactones) is 1. The molecule has 0 aromatic rings. The van der Waals surface area contributed by atoms with Gasteiger partial charge in [0, 0.05) is 25.4 Å². The number of hydrogen-bond donors (Lipinski definition) is 4. The SMILES string of the molecule is CC=C1NC(=O)[C@@H](CSC(C)=O)NC(=O)[C@@H](C(C)C)NC(=O)C[C@@H](C=CCCSC(C)=O)OC(=O)[C@H](C(C)C)NC1=O. The van der Waals surface area contributed by atoms with Gasteiger partial charge >= 0.3 is 5.97 Å². The molecule has 14 heteroatoms. The van der Waals surface area contributed by atoms with E-state index in [2.05, 4.69) is 21.3 Å². The fraction of sp³-hybridized carbons (Fsp3) is 0.607. The van der Waals surface area contributed by atoms with E-state index >= 15 is 0 Å². The third kappa shape index (κ3) is 13.2. The molecule has 4 N–H and O–H groups in total. The molecular formula is C28H42N4O8S2. The Morgan fingerprint density at radius 2 is 1.52 bits per heavy atom. The lowest BCUT2D eigenvalue weighted by molar-refractivity contribution is -0.153. The number of thioether (sulfide) groups is 2. The van der Waals surface area contributed by atoms with Crippen molar-refractivity contribution in [3.8, 4) is 0 Å². The maximum Gasteiger partial charge on any atom is 0.329 e. The van der Waals surface area contributed by atoms with Gasteiger partial charge in [-0.2, -0.15) is 0 Å². The standard InChI is InChI=1S/C28H42N4O8S2/c1-8-20-25(36)32-24(16(4)5)28(39)40-19(11-9-10-12-41-17(6)33)13-22(35)31-23(15(2)3)27(38)30-21(26(37)29-20)14-42-18(7)34/h8-9,11,15-16,19,21,23-24H,10,12-14H2,1-7H3,(H,29,37)(H,30,38)(H,31,35)(H,32,36)/t19-,21-,23-,24+/m1/s1. The van der Waals surface area contributed by atoms with Crippen molar-refractivity contribution in [3.05, 3.63) is 23.9 Å². The molecule has 4 atom stereocenters. The van der Waals surface area contributed by atoms with Crippen molar-refractivity contribution < 1.29 is 38.3 Å². The van der Waals surface area contributed by atoms with Crippen LogP contribution in [0, 0.1) is 11.8 Å². The molecule has 0 aliphatic carbocycles. The Kier molecular flexibility index (Phi) is 16.2. The van der Waals surface area contributed by atoms with Gasteiger partial charge in [-0.3, -0.25) is 28.8 Å². The number of hydrogen-bond acceptors (Lipinski definition) is 10. The summed E-state index contributed by atoms with van der Waals surface area (Å²) in [4.78, 5) is 88.6. The normalized spacial score (nSPS) is 24.3. The smallest absolute Gasteiger partial charge is 0.329 e. The topological polar surface area (TPSA) is 177 Å². The highest BCUT2D eigenvalue weighted by molar-refractivity contribution is 8.13. The summed E-state index contributed by atoms with van der Waals surface area (Å²) in [5, 5.41) is 9.98. The van der Waals surface area contributed by atoms with E-state index in [1.165, 1.54) is 32.9 Å². The third-order valence-electron chi connectivity index (χ3n) is 5.94.